The molecule has 0 aromatic carbocycles. The maximum absolute atomic E-state index is 12.2. The molecule has 1 saturated heterocycles. The molecule has 7 heteroatoms. The molecule has 126 valence electrons. The third-order valence-electron chi connectivity index (χ3n) is 4.14. The summed E-state index contributed by atoms with van der Waals surface area (Å²) in [5.74, 6) is 0.515. The Morgan fingerprint density at radius 1 is 1.33 bits per heavy atom. The van der Waals surface area contributed by atoms with Crippen LogP contribution >= 0.6 is 0 Å². The predicted octanol–water partition coefficient (Wildman–Crippen LogP) is 0.941. The third-order valence-corrected chi connectivity index (χ3v) is 4.14. The Morgan fingerprint density at radius 2 is 2.21 bits per heavy atom. The minimum atomic E-state index is -0.983. The van der Waals surface area contributed by atoms with Gasteiger partial charge in [0.2, 0.25) is 0 Å². The fourth-order valence-electron chi connectivity index (χ4n) is 2.93. The summed E-state index contributed by atoms with van der Waals surface area (Å²) < 4.78 is 0. The number of anilines is 1. The summed E-state index contributed by atoms with van der Waals surface area (Å²) in [5.41, 5.74) is 0.441. The van der Waals surface area contributed by atoms with Gasteiger partial charge in [0.1, 0.15) is 5.82 Å². The van der Waals surface area contributed by atoms with Gasteiger partial charge in [-0.1, -0.05) is 0 Å². The van der Waals surface area contributed by atoms with Crippen LogP contribution < -0.4 is 10.2 Å². The molecule has 2 aromatic heterocycles. The number of nitrogens with zero attached hydrogens (tertiary/aromatic N) is 4. The molecule has 1 atom stereocenters. The molecule has 0 unspecified atom stereocenters. The highest BCUT2D eigenvalue weighted by Gasteiger charge is 2.34. The van der Waals surface area contributed by atoms with Gasteiger partial charge in [0.15, 0.2) is 0 Å². The molecule has 1 fully saturated rings. The van der Waals surface area contributed by atoms with Crippen LogP contribution in [0.25, 0.3) is 0 Å². The average Bonchev–Trinajstić information content (AvgIpc) is 2.60. The Labute approximate surface area is 140 Å². The molecule has 3 rings (SSSR count). The van der Waals surface area contributed by atoms with Crippen molar-refractivity contribution in [1.82, 2.24) is 20.3 Å². The first kappa shape index (κ1) is 16.3. The minimum absolute atomic E-state index is 0.191. The number of β-amino-alcohol motifs (C(OH)–C–C–N with tert-alkyl or cyclic N) is 1. The van der Waals surface area contributed by atoms with E-state index in [0.29, 0.717) is 18.5 Å². The van der Waals surface area contributed by atoms with Crippen LogP contribution in [-0.4, -0.2) is 51.2 Å². The van der Waals surface area contributed by atoms with E-state index in [1.807, 2.05) is 11.8 Å². The smallest absolute Gasteiger partial charge is 0.252 e. The van der Waals surface area contributed by atoms with E-state index in [1.54, 1.807) is 30.9 Å². The number of amides is 1. The monoisotopic (exact) mass is 327 g/mol. The zero-order valence-electron chi connectivity index (χ0n) is 13.6. The zero-order valence-corrected chi connectivity index (χ0v) is 13.6. The maximum Gasteiger partial charge on any atom is 0.252 e. The van der Waals surface area contributed by atoms with Gasteiger partial charge in [-0.15, -0.1) is 0 Å². The summed E-state index contributed by atoms with van der Waals surface area (Å²) in [7, 11) is 0. The Hall–Kier alpha value is -2.54. The molecular formula is C17H21N5O2. The summed E-state index contributed by atoms with van der Waals surface area (Å²) in [6, 6.07) is 1.78. The van der Waals surface area contributed by atoms with Crippen LogP contribution in [0.5, 0.6) is 0 Å². The average molecular weight is 327 g/mol. The summed E-state index contributed by atoms with van der Waals surface area (Å²) in [6.45, 7) is 3.31. The van der Waals surface area contributed by atoms with Crippen molar-refractivity contribution in [3.8, 4) is 0 Å². The molecule has 1 aliphatic heterocycles. The van der Waals surface area contributed by atoms with Gasteiger partial charge in [-0.25, -0.2) is 4.98 Å². The molecule has 1 amide bonds. The van der Waals surface area contributed by atoms with Crippen LogP contribution in [0.15, 0.2) is 37.1 Å². The second kappa shape index (κ2) is 6.92. The molecule has 2 aromatic rings. The van der Waals surface area contributed by atoms with E-state index in [1.165, 1.54) is 6.20 Å². The van der Waals surface area contributed by atoms with Crippen molar-refractivity contribution >= 4 is 11.7 Å². The molecule has 2 N–H and O–H groups in total. The van der Waals surface area contributed by atoms with E-state index < -0.39 is 5.60 Å². The molecule has 0 aliphatic carbocycles. The summed E-state index contributed by atoms with van der Waals surface area (Å²) in [4.78, 5) is 26.6. The standard InChI is InChI=1S/C17H21N5O2/c1-13-7-14(9-19-8-13)16(23)21-11-17(24)3-2-6-22(12-17)15-10-18-4-5-20-15/h4-5,7-10,24H,2-3,6,11-12H2,1H3,(H,21,23)/t17-/m1/s1. The molecule has 24 heavy (non-hydrogen) atoms. The number of aryl methyl sites for hydroxylation is 1. The topological polar surface area (TPSA) is 91.2 Å². The molecule has 7 nitrogen and oxygen atoms in total. The van der Waals surface area contributed by atoms with E-state index in [4.69, 9.17) is 0 Å². The Balaban J connectivity index is 1.62. The van der Waals surface area contributed by atoms with Gasteiger partial charge < -0.3 is 15.3 Å². The molecule has 1 aliphatic rings. The van der Waals surface area contributed by atoms with E-state index in [0.717, 1.165) is 24.3 Å². The summed E-state index contributed by atoms with van der Waals surface area (Å²) >= 11 is 0. The molecular weight excluding hydrogens is 306 g/mol. The lowest BCUT2D eigenvalue weighted by Crippen LogP contribution is -2.54. The highest BCUT2D eigenvalue weighted by Crippen LogP contribution is 2.24. The number of rotatable bonds is 4. The van der Waals surface area contributed by atoms with E-state index in [9.17, 15) is 9.90 Å². The number of piperidine rings is 1. The first-order valence-corrected chi connectivity index (χ1v) is 7.99. The molecule has 0 saturated carbocycles. The van der Waals surface area contributed by atoms with Crippen molar-refractivity contribution in [2.24, 2.45) is 0 Å². The van der Waals surface area contributed by atoms with Crippen molar-refractivity contribution in [3.05, 3.63) is 48.2 Å². The summed E-state index contributed by atoms with van der Waals surface area (Å²) in [6.07, 6.45) is 9.63. The number of pyridine rings is 1. The number of aliphatic hydroxyl groups is 1. The molecule has 0 spiro atoms. The number of hydrogen-bond donors (Lipinski definition) is 2. The van der Waals surface area contributed by atoms with Crippen LogP contribution in [0.1, 0.15) is 28.8 Å². The van der Waals surface area contributed by atoms with E-state index >= 15 is 0 Å². The third kappa shape index (κ3) is 3.86. The van der Waals surface area contributed by atoms with Gasteiger partial charge >= 0.3 is 0 Å². The van der Waals surface area contributed by atoms with Gasteiger partial charge in [0, 0.05) is 44.4 Å². The number of carbonyl (C=O) groups is 1. The molecule has 0 bridgehead atoms. The quantitative estimate of drug-likeness (QED) is 0.868. The SMILES string of the molecule is Cc1cncc(C(=O)NC[C@]2(O)CCCN(c3cnccn3)C2)c1. The highest BCUT2D eigenvalue weighted by atomic mass is 16.3. The Kier molecular flexibility index (Phi) is 4.71. The molecule has 0 radical (unpaired) electrons. The molecule has 3 heterocycles. The maximum atomic E-state index is 12.2. The fourth-order valence-corrected chi connectivity index (χ4v) is 2.93. The number of hydrogen-bond acceptors (Lipinski definition) is 6. The van der Waals surface area contributed by atoms with Crippen LogP contribution in [-0.2, 0) is 0 Å². The van der Waals surface area contributed by atoms with Crippen molar-refractivity contribution < 1.29 is 9.90 Å². The number of aromatic nitrogens is 3. The number of carbonyl (C=O) groups excluding carboxylic acids is 1. The van der Waals surface area contributed by atoms with Crippen LogP contribution in [0.4, 0.5) is 5.82 Å². The Bertz CT molecular complexity index is 709. The van der Waals surface area contributed by atoms with Crippen molar-refractivity contribution in [1.29, 1.82) is 0 Å². The first-order chi connectivity index (χ1) is 11.6. The lowest BCUT2D eigenvalue weighted by Gasteiger charge is -2.39. The van der Waals surface area contributed by atoms with Gasteiger partial charge in [-0.2, -0.15) is 0 Å². The van der Waals surface area contributed by atoms with E-state index in [2.05, 4.69) is 20.3 Å². The second-order valence-corrected chi connectivity index (χ2v) is 6.25. The predicted molar refractivity (Wildman–Crippen MR) is 89.7 cm³/mol. The van der Waals surface area contributed by atoms with Crippen molar-refractivity contribution in [2.75, 3.05) is 24.5 Å². The van der Waals surface area contributed by atoms with Crippen LogP contribution in [0, 0.1) is 6.92 Å². The second-order valence-electron chi connectivity index (χ2n) is 6.25. The normalized spacial score (nSPS) is 20.7. The largest absolute Gasteiger partial charge is 0.386 e. The van der Waals surface area contributed by atoms with Crippen molar-refractivity contribution in [3.63, 3.8) is 0 Å². The lowest BCUT2D eigenvalue weighted by atomic mass is 9.92. The first-order valence-electron chi connectivity index (χ1n) is 7.99. The van der Waals surface area contributed by atoms with Gasteiger partial charge in [0.25, 0.3) is 5.91 Å². The minimum Gasteiger partial charge on any atom is -0.386 e. The lowest BCUT2D eigenvalue weighted by molar-refractivity contribution is 0.0254. The summed E-state index contributed by atoms with van der Waals surface area (Å²) in [5, 5.41) is 13.6. The van der Waals surface area contributed by atoms with Gasteiger partial charge in [-0.3, -0.25) is 14.8 Å². The van der Waals surface area contributed by atoms with Crippen LogP contribution in [0.3, 0.4) is 0 Å². The highest BCUT2D eigenvalue weighted by molar-refractivity contribution is 5.94. The van der Waals surface area contributed by atoms with Gasteiger partial charge in [-0.05, 0) is 31.4 Å². The van der Waals surface area contributed by atoms with Crippen molar-refractivity contribution in [2.45, 2.75) is 25.4 Å². The van der Waals surface area contributed by atoms with E-state index in [-0.39, 0.29) is 12.5 Å². The fraction of sp³-hybridized carbons (Fsp3) is 0.412. The zero-order chi connectivity index (χ0) is 17.0. The number of nitrogens with one attached hydrogen (secondary N) is 1. The Morgan fingerprint density at radius 3 is 2.96 bits per heavy atom. The van der Waals surface area contributed by atoms with Crippen LogP contribution in [0.2, 0.25) is 0 Å². The van der Waals surface area contributed by atoms with Gasteiger partial charge in [0.05, 0.1) is 17.4 Å².